The maximum absolute atomic E-state index is 13.0. The molecule has 1 aromatic rings. The average molecular weight is 249 g/mol. The second-order valence-electron chi connectivity index (χ2n) is 4.95. The van der Waals surface area contributed by atoms with Gasteiger partial charge in [-0.1, -0.05) is 12.1 Å². The van der Waals surface area contributed by atoms with Gasteiger partial charge in [-0.25, -0.2) is 4.39 Å². The van der Waals surface area contributed by atoms with E-state index in [2.05, 4.69) is 0 Å². The molecule has 1 aromatic carbocycles. The smallest absolute Gasteiger partial charge is 0.223 e. The van der Waals surface area contributed by atoms with E-state index in [0.717, 1.165) is 18.4 Å². The number of fused-ring (bicyclic) bond motifs is 1. The fourth-order valence-electron chi connectivity index (χ4n) is 2.89. The van der Waals surface area contributed by atoms with Crippen molar-refractivity contribution in [2.24, 2.45) is 0 Å². The first-order valence-electron chi connectivity index (χ1n) is 6.40. The largest absolute Gasteiger partial charge is 0.377 e. The van der Waals surface area contributed by atoms with E-state index in [4.69, 9.17) is 4.74 Å². The van der Waals surface area contributed by atoms with Gasteiger partial charge in [0.1, 0.15) is 5.82 Å². The number of hydrogen-bond acceptors (Lipinski definition) is 2. The van der Waals surface area contributed by atoms with Crippen molar-refractivity contribution in [3.05, 3.63) is 35.6 Å². The Morgan fingerprint density at radius 3 is 2.78 bits per heavy atom. The first-order valence-corrected chi connectivity index (χ1v) is 6.40. The summed E-state index contributed by atoms with van der Waals surface area (Å²) in [6, 6.07) is 6.49. The van der Waals surface area contributed by atoms with Gasteiger partial charge in [0.2, 0.25) is 5.91 Å². The Morgan fingerprint density at radius 1 is 1.22 bits per heavy atom. The molecule has 2 aliphatic heterocycles. The molecule has 2 heterocycles. The molecule has 2 unspecified atom stereocenters. The van der Waals surface area contributed by atoms with E-state index in [1.165, 1.54) is 12.1 Å². The second-order valence-corrected chi connectivity index (χ2v) is 4.95. The lowest BCUT2D eigenvalue weighted by Gasteiger charge is -2.44. The number of nitrogens with zero attached hydrogens (tertiary/aromatic N) is 1. The van der Waals surface area contributed by atoms with Crippen molar-refractivity contribution in [1.82, 2.24) is 4.90 Å². The molecule has 96 valence electrons. The van der Waals surface area contributed by atoms with E-state index in [0.29, 0.717) is 19.6 Å². The van der Waals surface area contributed by atoms with E-state index in [9.17, 15) is 9.18 Å². The molecule has 0 radical (unpaired) electrons. The Hall–Kier alpha value is -1.42. The molecule has 3 rings (SSSR count). The van der Waals surface area contributed by atoms with Crippen LogP contribution >= 0.6 is 0 Å². The molecule has 2 atom stereocenters. The number of ether oxygens (including phenoxy) is 1. The van der Waals surface area contributed by atoms with Crippen LogP contribution in [0.5, 0.6) is 0 Å². The quantitative estimate of drug-likeness (QED) is 0.764. The summed E-state index contributed by atoms with van der Waals surface area (Å²) in [4.78, 5) is 14.0. The Kier molecular flexibility index (Phi) is 3.04. The van der Waals surface area contributed by atoms with Crippen LogP contribution in [0.1, 0.15) is 30.9 Å². The van der Waals surface area contributed by atoms with Gasteiger partial charge in [-0.3, -0.25) is 4.79 Å². The Labute approximate surface area is 106 Å². The molecule has 0 N–H and O–H groups in total. The molecule has 1 amide bonds. The Bertz CT molecular complexity index is 444. The standard InChI is InChI=1S/C14H16FNO2/c15-11-6-4-10(5-7-11)13-9-18-8-12-2-1-3-14(17)16(12)13/h4-7,12-13H,1-3,8-9H2. The van der Waals surface area contributed by atoms with Gasteiger partial charge in [0, 0.05) is 6.42 Å². The van der Waals surface area contributed by atoms with Crippen molar-refractivity contribution in [2.75, 3.05) is 13.2 Å². The fourth-order valence-corrected chi connectivity index (χ4v) is 2.89. The molecule has 3 nitrogen and oxygen atoms in total. The molecular formula is C14H16FNO2. The highest BCUT2D eigenvalue weighted by Crippen LogP contribution is 2.33. The van der Waals surface area contributed by atoms with Gasteiger partial charge in [-0.2, -0.15) is 0 Å². The van der Waals surface area contributed by atoms with Crippen molar-refractivity contribution in [1.29, 1.82) is 0 Å². The maximum atomic E-state index is 13.0. The fraction of sp³-hybridized carbons (Fsp3) is 0.500. The SMILES string of the molecule is O=C1CCCC2COCC(c3ccc(F)cc3)N12. The molecule has 0 aromatic heterocycles. The molecule has 18 heavy (non-hydrogen) atoms. The molecule has 2 fully saturated rings. The topological polar surface area (TPSA) is 29.5 Å². The highest BCUT2D eigenvalue weighted by atomic mass is 19.1. The van der Waals surface area contributed by atoms with Gasteiger partial charge in [-0.05, 0) is 30.5 Å². The third-order valence-electron chi connectivity index (χ3n) is 3.79. The zero-order chi connectivity index (χ0) is 12.5. The zero-order valence-corrected chi connectivity index (χ0v) is 10.1. The minimum absolute atomic E-state index is 0.0582. The molecule has 2 saturated heterocycles. The van der Waals surface area contributed by atoms with Crippen molar-refractivity contribution in [3.8, 4) is 0 Å². The van der Waals surface area contributed by atoms with Crippen LogP contribution in [0.15, 0.2) is 24.3 Å². The van der Waals surface area contributed by atoms with Crippen LogP contribution in [-0.4, -0.2) is 30.1 Å². The van der Waals surface area contributed by atoms with Crippen molar-refractivity contribution < 1.29 is 13.9 Å². The van der Waals surface area contributed by atoms with Crippen molar-refractivity contribution in [3.63, 3.8) is 0 Å². The molecule has 0 saturated carbocycles. The lowest BCUT2D eigenvalue weighted by Crippen LogP contribution is -2.52. The summed E-state index contributed by atoms with van der Waals surface area (Å²) in [6.45, 7) is 1.14. The third kappa shape index (κ3) is 2.01. The Morgan fingerprint density at radius 2 is 2.00 bits per heavy atom. The summed E-state index contributed by atoms with van der Waals surface area (Å²) >= 11 is 0. The number of halogens is 1. The number of carbonyl (C=O) groups excluding carboxylic acids is 1. The van der Waals surface area contributed by atoms with E-state index in [1.807, 2.05) is 4.90 Å². The zero-order valence-electron chi connectivity index (χ0n) is 10.1. The van der Waals surface area contributed by atoms with Gasteiger partial charge in [0.05, 0.1) is 25.3 Å². The number of hydrogen-bond donors (Lipinski definition) is 0. The first kappa shape index (κ1) is 11.7. The van der Waals surface area contributed by atoms with Crippen LogP contribution in [0.25, 0.3) is 0 Å². The number of piperidine rings is 1. The van der Waals surface area contributed by atoms with E-state index in [1.54, 1.807) is 12.1 Å². The lowest BCUT2D eigenvalue weighted by atomic mass is 9.95. The van der Waals surface area contributed by atoms with Gasteiger partial charge in [0.15, 0.2) is 0 Å². The molecule has 2 aliphatic rings. The van der Waals surface area contributed by atoms with E-state index in [-0.39, 0.29) is 23.8 Å². The average Bonchev–Trinajstić information content (AvgIpc) is 2.39. The summed E-state index contributed by atoms with van der Waals surface area (Å²) in [7, 11) is 0. The number of morpholine rings is 1. The van der Waals surface area contributed by atoms with Crippen LogP contribution in [0, 0.1) is 5.82 Å². The molecule has 0 spiro atoms. The number of carbonyl (C=O) groups is 1. The van der Waals surface area contributed by atoms with E-state index >= 15 is 0 Å². The van der Waals surface area contributed by atoms with Crippen molar-refractivity contribution >= 4 is 5.91 Å². The van der Waals surface area contributed by atoms with Crippen LogP contribution in [0.4, 0.5) is 4.39 Å². The molecule has 0 bridgehead atoms. The number of amides is 1. The lowest BCUT2D eigenvalue weighted by molar-refractivity contribution is -0.151. The predicted octanol–water partition coefficient (Wildman–Crippen LogP) is 2.28. The second kappa shape index (κ2) is 4.69. The van der Waals surface area contributed by atoms with Crippen LogP contribution in [0.3, 0.4) is 0 Å². The predicted molar refractivity (Wildman–Crippen MR) is 64.4 cm³/mol. The highest BCUT2D eigenvalue weighted by Gasteiger charge is 2.37. The third-order valence-corrected chi connectivity index (χ3v) is 3.79. The summed E-state index contributed by atoms with van der Waals surface area (Å²) in [5.41, 5.74) is 0.955. The van der Waals surface area contributed by atoms with Crippen molar-refractivity contribution in [2.45, 2.75) is 31.3 Å². The van der Waals surface area contributed by atoms with Gasteiger partial charge >= 0.3 is 0 Å². The van der Waals surface area contributed by atoms with E-state index < -0.39 is 0 Å². The van der Waals surface area contributed by atoms with Gasteiger partial charge in [0.25, 0.3) is 0 Å². The molecule has 4 heteroatoms. The van der Waals surface area contributed by atoms with Gasteiger partial charge in [-0.15, -0.1) is 0 Å². The Balaban J connectivity index is 1.89. The summed E-state index contributed by atoms with van der Waals surface area (Å²) in [6.07, 6.45) is 2.57. The van der Waals surface area contributed by atoms with Crippen LogP contribution in [0.2, 0.25) is 0 Å². The minimum atomic E-state index is -0.253. The summed E-state index contributed by atoms with van der Waals surface area (Å²) in [5, 5.41) is 0. The molecular weight excluding hydrogens is 233 g/mol. The maximum Gasteiger partial charge on any atom is 0.223 e. The van der Waals surface area contributed by atoms with Crippen LogP contribution < -0.4 is 0 Å². The summed E-state index contributed by atoms with van der Waals surface area (Å²) in [5.74, 6) is -0.0547. The van der Waals surface area contributed by atoms with Crippen LogP contribution in [-0.2, 0) is 9.53 Å². The molecule has 0 aliphatic carbocycles. The normalized spacial score (nSPS) is 28.1. The first-order chi connectivity index (χ1) is 8.75. The minimum Gasteiger partial charge on any atom is -0.377 e. The summed E-state index contributed by atoms with van der Waals surface area (Å²) < 4.78 is 18.5. The van der Waals surface area contributed by atoms with Gasteiger partial charge < -0.3 is 9.64 Å². The monoisotopic (exact) mass is 249 g/mol. The highest BCUT2D eigenvalue weighted by molar-refractivity contribution is 5.78. The number of rotatable bonds is 1. The number of benzene rings is 1.